The van der Waals surface area contributed by atoms with E-state index in [1.165, 1.54) is 70.9 Å². The van der Waals surface area contributed by atoms with Gasteiger partial charge < -0.3 is 0 Å². The van der Waals surface area contributed by atoms with Crippen LogP contribution in [-0.4, -0.2) is 15.0 Å². The number of benzene rings is 10. The average molecular weight is 752 g/mol. The van der Waals surface area contributed by atoms with E-state index < -0.39 is 0 Å². The van der Waals surface area contributed by atoms with E-state index in [1.807, 2.05) is 0 Å². The summed E-state index contributed by atoms with van der Waals surface area (Å²) in [6.45, 7) is 4.68. The van der Waals surface area contributed by atoms with Crippen molar-refractivity contribution >= 4 is 53.9 Å². The topological polar surface area (TPSA) is 38.7 Å². The summed E-state index contributed by atoms with van der Waals surface area (Å²) in [4.78, 5) is 16.3. The molecule has 0 N–H and O–H groups in total. The molecule has 0 amide bonds. The summed E-state index contributed by atoms with van der Waals surface area (Å²) in [5.74, 6) is 1.93. The molecule has 0 fully saturated rings. The molecule has 276 valence electrons. The first-order valence-electron chi connectivity index (χ1n) is 20.4. The molecule has 0 radical (unpaired) electrons. The van der Waals surface area contributed by atoms with Crippen LogP contribution in [0.1, 0.15) is 25.0 Å². The highest BCUT2D eigenvalue weighted by atomic mass is 15.0. The lowest BCUT2D eigenvalue weighted by Crippen LogP contribution is -2.14. The fraction of sp³-hybridized carbons (Fsp3) is 0.0536. The van der Waals surface area contributed by atoms with Crippen LogP contribution >= 0.6 is 0 Å². The van der Waals surface area contributed by atoms with Crippen LogP contribution in [0.4, 0.5) is 0 Å². The van der Waals surface area contributed by atoms with E-state index in [-0.39, 0.29) is 5.41 Å². The lowest BCUT2D eigenvalue weighted by atomic mass is 9.81. The Kier molecular flexibility index (Phi) is 7.27. The number of aromatic nitrogens is 3. The summed E-state index contributed by atoms with van der Waals surface area (Å²) in [7, 11) is 0. The Hall–Kier alpha value is -7.49. The SMILES string of the molecule is CC1(C)c2ccccc2-c2c(-c3ccc4ccccc4c3-c3nc(-c4ccc5ccc6ccccc6c5c4)nc(-c4ccc5ccc6ccccc6c5c4)n3)cccc21. The third-order valence-electron chi connectivity index (χ3n) is 12.7. The molecule has 0 saturated heterocycles. The van der Waals surface area contributed by atoms with Gasteiger partial charge in [0, 0.05) is 22.1 Å². The van der Waals surface area contributed by atoms with Gasteiger partial charge in [0.2, 0.25) is 0 Å². The molecular weight excluding hydrogens is 715 g/mol. The average Bonchev–Trinajstić information content (AvgIpc) is 3.53. The molecule has 0 unspecified atom stereocenters. The zero-order valence-electron chi connectivity index (χ0n) is 32.7. The highest BCUT2D eigenvalue weighted by Gasteiger charge is 2.37. The predicted molar refractivity (Wildman–Crippen MR) is 247 cm³/mol. The molecule has 0 spiro atoms. The summed E-state index contributed by atoms with van der Waals surface area (Å²) in [5.41, 5.74) is 10.3. The van der Waals surface area contributed by atoms with Gasteiger partial charge in [0.15, 0.2) is 17.5 Å². The van der Waals surface area contributed by atoms with Gasteiger partial charge in [-0.25, -0.2) is 15.0 Å². The summed E-state index contributed by atoms with van der Waals surface area (Å²) in [5, 5.41) is 11.8. The monoisotopic (exact) mass is 751 g/mol. The van der Waals surface area contributed by atoms with Gasteiger partial charge in [-0.15, -0.1) is 0 Å². The minimum atomic E-state index is -0.132. The maximum absolute atomic E-state index is 5.48. The van der Waals surface area contributed by atoms with Gasteiger partial charge >= 0.3 is 0 Å². The first-order chi connectivity index (χ1) is 29.0. The Balaban J connectivity index is 1.16. The second-order valence-corrected chi connectivity index (χ2v) is 16.4. The largest absolute Gasteiger partial charge is 0.208 e. The molecular formula is C56H37N3. The van der Waals surface area contributed by atoms with Crippen LogP contribution in [0, 0.1) is 0 Å². The van der Waals surface area contributed by atoms with Gasteiger partial charge in [-0.1, -0.05) is 190 Å². The molecule has 10 aromatic carbocycles. The maximum atomic E-state index is 5.48. The number of hydrogen-bond acceptors (Lipinski definition) is 3. The fourth-order valence-electron chi connectivity index (χ4n) is 9.74. The number of nitrogens with zero attached hydrogens (tertiary/aromatic N) is 3. The Labute approximate surface area is 342 Å². The highest BCUT2D eigenvalue weighted by molar-refractivity contribution is 6.10. The van der Waals surface area contributed by atoms with Crippen molar-refractivity contribution in [3.8, 4) is 56.4 Å². The van der Waals surface area contributed by atoms with Crippen molar-refractivity contribution in [2.45, 2.75) is 19.3 Å². The van der Waals surface area contributed by atoms with E-state index in [1.54, 1.807) is 0 Å². The zero-order chi connectivity index (χ0) is 39.2. The summed E-state index contributed by atoms with van der Waals surface area (Å²) in [6, 6.07) is 67.9. The maximum Gasteiger partial charge on any atom is 0.165 e. The fourth-order valence-corrected chi connectivity index (χ4v) is 9.74. The van der Waals surface area contributed by atoms with Crippen molar-refractivity contribution in [2.24, 2.45) is 0 Å². The van der Waals surface area contributed by atoms with E-state index in [0.29, 0.717) is 17.5 Å². The van der Waals surface area contributed by atoms with Gasteiger partial charge in [0.1, 0.15) is 0 Å². The standard InChI is InChI=1S/C56H37N3/c1-56(2)49-20-10-9-18-46(49)51-44(19-11-21-50(51)56)45-31-30-36-14-5-8-17-43(36)52(45)55-58-53(39-28-26-37-24-22-34-12-3-6-15-41(34)47(37)32-39)57-54(59-55)40-29-27-38-25-23-35-13-4-7-16-42(35)48(38)33-40/h3-33H,1-2H3. The molecule has 1 aliphatic rings. The minimum Gasteiger partial charge on any atom is -0.208 e. The van der Waals surface area contributed by atoms with Crippen LogP contribution < -0.4 is 0 Å². The van der Waals surface area contributed by atoms with Crippen molar-refractivity contribution in [1.29, 1.82) is 0 Å². The molecule has 3 heteroatoms. The van der Waals surface area contributed by atoms with Crippen molar-refractivity contribution in [3.05, 3.63) is 199 Å². The third-order valence-corrected chi connectivity index (χ3v) is 12.7. The van der Waals surface area contributed by atoms with Crippen molar-refractivity contribution < 1.29 is 0 Å². The molecule has 1 aromatic heterocycles. The third kappa shape index (κ3) is 5.18. The molecule has 0 saturated carbocycles. The van der Waals surface area contributed by atoms with E-state index in [0.717, 1.165) is 33.0 Å². The molecule has 0 aliphatic heterocycles. The first kappa shape index (κ1) is 33.6. The molecule has 3 nitrogen and oxygen atoms in total. The van der Waals surface area contributed by atoms with Crippen molar-refractivity contribution in [1.82, 2.24) is 15.0 Å². The summed E-state index contributed by atoms with van der Waals surface area (Å²) < 4.78 is 0. The normalized spacial score (nSPS) is 13.1. The minimum absolute atomic E-state index is 0.132. The highest BCUT2D eigenvalue weighted by Crippen LogP contribution is 2.53. The molecule has 0 atom stereocenters. The Morgan fingerprint density at radius 3 is 1.36 bits per heavy atom. The van der Waals surface area contributed by atoms with E-state index >= 15 is 0 Å². The second-order valence-electron chi connectivity index (χ2n) is 16.4. The van der Waals surface area contributed by atoms with Crippen molar-refractivity contribution in [2.75, 3.05) is 0 Å². The van der Waals surface area contributed by atoms with Crippen LogP contribution in [0.15, 0.2) is 188 Å². The molecule has 1 heterocycles. The Bertz CT molecular complexity index is 3410. The van der Waals surface area contributed by atoms with Crippen LogP contribution in [0.5, 0.6) is 0 Å². The predicted octanol–water partition coefficient (Wildman–Crippen LogP) is 14.6. The van der Waals surface area contributed by atoms with Gasteiger partial charge in [-0.2, -0.15) is 0 Å². The van der Waals surface area contributed by atoms with Gasteiger partial charge in [-0.3, -0.25) is 0 Å². The van der Waals surface area contributed by atoms with Gasteiger partial charge in [-0.05, 0) is 99.4 Å². The number of rotatable bonds is 4. The summed E-state index contributed by atoms with van der Waals surface area (Å²) in [6.07, 6.45) is 0. The molecule has 12 rings (SSSR count). The van der Waals surface area contributed by atoms with E-state index in [2.05, 4.69) is 202 Å². The second kappa shape index (κ2) is 12.8. The molecule has 0 bridgehead atoms. The lowest BCUT2D eigenvalue weighted by molar-refractivity contribution is 0.660. The molecule has 1 aliphatic carbocycles. The van der Waals surface area contributed by atoms with Crippen LogP contribution in [0.2, 0.25) is 0 Å². The Morgan fingerprint density at radius 2 is 0.729 bits per heavy atom. The van der Waals surface area contributed by atoms with Gasteiger partial charge in [0.05, 0.1) is 0 Å². The quantitative estimate of drug-likeness (QED) is 0.168. The van der Waals surface area contributed by atoms with Gasteiger partial charge in [0.25, 0.3) is 0 Å². The first-order valence-corrected chi connectivity index (χ1v) is 20.4. The van der Waals surface area contributed by atoms with Crippen LogP contribution in [-0.2, 0) is 5.41 Å². The van der Waals surface area contributed by atoms with E-state index in [4.69, 9.17) is 15.0 Å². The molecule has 59 heavy (non-hydrogen) atoms. The smallest absolute Gasteiger partial charge is 0.165 e. The van der Waals surface area contributed by atoms with Crippen LogP contribution in [0.25, 0.3) is 110 Å². The zero-order valence-corrected chi connectivity index (χ0v) is 32.7. The van der Waals surface area contributed by atoms with E-state index in [9.17, 15) is 0 Å². The van der Waals surface area contributed by atoms with Crippen molar-refractivity contribution in [3.63, 3.8) is 0 Å². The summed E-state index contributed by atoms with van der Waals surface area (Å²) >= 11 is 0. The number of fused-ring (bicyclic) bond motifs is 10. The Morgan fingerprint density at radius 1 is 0.305 bits per heavy atom. The number of hydrogen-bond donors (Lipinski definition) is 0. The van der Waals surface area contributed by atoms with Crippen LogP contribution in [0.3, 0.4) is 0 Å². The molecule has 11 aromatic rings. The lowest BCUT2D eigenvalue weighted by Gasteiger charge is -2.22.